The monoisotopic (exact) mass is 332 g/mol. The van der Waals surface area contributed by atoms with Gasteiger partial charge in [0, 0.05) is 32.7 Å². The van der Waals surface area contributed by atoms with Crippen LogP contribution < -0.4 is 9.64 Å². The van der Waals surface area contributed by atoms with E-state index in [4.69, 9.17) is 4.74 Å². The molecule has 1 aliphatic rings. The van der Waals surface area contributed by atoms with Crippen molar-refractivity contribution in [1.29, 1.82) is 0 Å². The van der Waals surface area contributed by atoms with E-state index < -0.39 is 0 Å². The zero-order valence-electron chi connectivity index (χ0n) is 13.6. The molecular formula is C17H24N4OS. The molecule has 1 fully saturated rings. The maximum absolute atomic E-state index is 5.77. The van der Waals surface area contributed by atoms with Crippen LogP contribution in [0.15, 0.2) is 30.3 Å². The molecule has 2 heterocycles. The van der Waals surface area contributed by atoms with Gasteiger partial charge in [-0.15, -0.1) is 4.37 Å². The molecule has 0 unspecified atom stereocenters. The van der Waals surface area contributed by atoms with Gasteiger partial charge < -0.3 is 9.64 Å². The first-order chi connectivity index (χ1) is 11.4. The molecule has 0 amide bonds. The highest BCUT2D eigenvalue weighted by Crippen LogP contribution is 2.27. The summed E-state index contributed by atoms with van der Waals surface area (Å²) in [5, 5.41) is 0. The molecule has 0 N–H and O–H groups in total. The Morgan fingerprint density at radius 2 is 1.87 bits per heavy atom. The van der Waals surface area contributed by atoms with Crippen LogP contribution in [0.25, 0.3) is 0 Å². The van der Waals surface area contributed by atoms with E-state index in [-0.39, 0.29) is 0 Å². The number of rotatable bonds is 7. The second kappa shape index (κ2) is 8.26. The predicted octanol–water partition coefficient (Wildman–Crippen LogP) is 3.04. The van der Waals surface area contributed by atoms with Gasteiger partial charge >= 0.3 is 0 Å². The fourth-order valence-electron chi connectivity index (χ4n) is 2.73. The van der Waals surface area contributed by atoms with Gasteiger partial charge in [0.1, 0.15) is 0 Å². The molecule has 0 bridgehead atoms. The van der Waals surface area contributed by atoms with Crippen LogP contribution >= 0.6 is 11.7 Å². The minimum absolute atomic E-state index is 0.708. The second-order valence-electron chi connectivity index (χ2n) is 5.84. The number of aromatic nitrogens is 2. The van der Waals surface area contributed by atoms with Crippen LogP contribution in [-0.2, 0) is 6.54 Å². The Kier molecular flexibility index (Phi) is 5.82. The minimum Gasteiger partial charge on any atom is -0.474 e. The van der Waals surface area contributed by atoms with Gasteiger partial charge in [-0.2, -0.15) is 4.37 Å². The molecule has 5 nitrogen and oxygen atoms in total. The van der Waals surface area contributed by atoms with Crippen LogP contribution in [0.2, 0.25) is 0 Å². The number of nitrogens with zero attached hydrogens (tertiary/aromatic N) is 4. The standard InChI is InChI=1S/C17H24N4OS/c1-2-3-13-22-17-16(18-23-19-17)21-11-9-20(10-12-21)14-15-7-5-4-6-8-15/h4-8H,2-3,9-14H2,1H3. The van der Waals surface area contributed by atoms with E-state index in [1.54, 1.807) is 0 Å². The fourth-order valence-corrected chi connectivity index (χ4v) is 3.25. The van der Waals surface area contributed by atoms with Crippen LogP contribution in [0.4, 0.5) is 5.82 Å². The van der Waals surface area contributed by atoms with Crippen molar-refractivity contribution in [2.75, 3.05) is 37.7 Å². The molecule has 1 saturated heterocycles. The molecule has 1 aliphatic heterocycles. The highest BCUT2D eigenvalue weighted by atomic mass is 32.1. The fraction of sp³-hybridized carbons (Fsp3) is 0.529. The smallest absolute Gasteiger partial charge is 0.270 e. The third-order valence-corrected chi connectivity index (χ3v) is 4.60. The lowest BCUT2D eigenvalue weighted by atomic mass is 10.2. The summed E-state index contributed by atoms with van der Waals surface area (Å²) in [7, 11) is 0. The number of hydrogen-bond donors (Lipinski definition) is 0. The average molecular weight is 332 g/mol. The Hall–Kier alpha value is -1.66. The third kappa shape index (κ3) is 4.42. The predicted molar refractivity (Wildman–Crippen MR) is 94.2 cm³/mol. The maximum Gasteiger partial charge on any atom is 0.270 e. The van der Waals surface area contributed by atoms with Crippen molar-refractivity contribution in [3.05, 3.63) is 35.9 Å². The van der Waals surface area contributed by atoms with Crippen molar-refractivity contribution in [3.63, 3.8) is 0 Å². The third-order valence-electron chi connectivity index (χ3n) is 4.10. The second-order valence-corrected chi connectivity index (χ2v) is 6.37. The first-order valence-corrected chi connectivity index (χ1v) is 9.06. The molecule has 1 aromatic heterocycles. The van der Waals surface area contributed by atoms with Gasteiger partial charge in [0.05, 0.1) is 18.3 Å². The largest absolute Gasteiger partial charge is 0.474 e. The van der Waals surface area contributed by atoms with Crippen LogP contribution in [-0.4, -0.2) is 46.4 Å². The van der Waals surface area contributed by atoms with Crippen molar-refractivity contribution < 1.29 is 4.74 Å². The zero-order chi connectivity index (χ0) is 15.9. The van der Waals surface area contributed by atoms with Gasteiger partial charge in [-0.05, 0) is 12.0 Å². The maximum atomic E-state index is 5.77. The van der Waals surface area contributed by atoms with E-state index in [1.807, 2.05) is 0 Å². The van der Waals surface area contributed by atoms with Gasteiger partial charge in [0.15, 0.2) is 0 Å². The van der Waals surface area contributed by atoms with Gasteiger partial charge in [0.25, 0.3) is 5.88 Å². The van der Waals surface area contributed by atoms with E-state index in [9.17, 15) is 0 Å². The van der Waals surface area contributed by atoms with E-state index in [0.717, 1.165) is 58.0 Å². The summed E-state index contributed by atoms with van der Waals surface area (Å²) in [6.07, 6.45) is 2.19. The number of benzene rings is 1. The highest BCUT2D eigenvalue weighted by molar-refractivity contribution is 6.99. The van der Waals surface area contributed by atoms with Crippen molar-refractivity contribution >= 4 is 17.5 Å². The summed E-state index contributed by atoms with van der Waals surface area (Å²) in [5.41, 5.74) is 1.37. The highest BCUT2D eigenvalue weighted by Gasteiger charge is 2.22. The summed E-state index contributed by atoms with van der Waals surface area (Å²) < 4.78 is 14.5. The molecular weight excluding hydrogens is 308 g/mol. The number of piperazine rings is 1. The molecule has 0 radical (unpaired) electrons. The summed E-state index contributed by atoms with van der Waals surface area (Å²) in [6, 6.07) is 10.7. The molecule has 0 saturated carbocycles. The molecule has 3 rings (SSSR count). The Labute approximate surface area is 142 Å². The molecule has 0 spiro atoms. The number of hydrogen-bond acceptors (Lipinski definition) is 6. The Morgan fingerprint density at radius 3 is 2.61 bits per heavy atom. The van der Waals surface area contributed by atoms with E-state index in [2.05, 4.69) is 55.8 Å². The average Bonchev–Trinajstić information content (AvgIpc) is 3.05. The van der Waals surface area contributed by atoms with Crippen molar-refractivity contribution in [3.8, 4) is 5.88 Å². The Bertz CT molecular complexity index is 581. The summed E-state index contributed by atoms with van der Waals surface area (Å²) in [6.45, 7) is 7.94. The summed E-state index contributed by atoms with van der Waals surface area (Å²) in [4.78, 5) is 4.79. The topological polar surface area (TPSA) is 41.5 Å². The van der Waals surface area contributed by atoms with Crippen LogP contribution in [0, 0.1) is 0 Å². The normalized spacial score (nSPS) is 15.8. The number of unbranched alkanes of at least 4 members (excludes halogenated alkanes) is 1. The van der Waals surface area contributed by atoms with Crippen molar-refractivity contribution in [1.82, 2.24) is 13.6 Å². The Balaban J connectivity index is 1.52. The minimum atomic E-state index is 0.708. The lowest BCUT2D eigenvalue weighted by Gasteiger charge is -2.34. The molecule has 124 valence electrons. The molecule has 23 heavy (non-hydrogen) atoms. The van der Waals surface area contributed by atoms with Crippen LogP contribution in [0.5, 0.6) is 5.88 Å². The lowest BCUT2D eigenvalue weighted by Crippen LogP contribution is -2.46. The summed E-state index contributed by atoms with van der Waals surface area (Å²) in [5.74, 6) is 1.63. The van der Waals surface area contributed by atoms with Crippen molar-refractivity contribution in [2.45, 2.75) is 26.3 Å². The first-order valence-electron chi connectivity index (χ1n) is 8.33. The Morgan fingerprint density at radius 1 is 1.09 bits per heavy atom. The van der Waals surface area contributed by atoms with E-state index in [1.165, 1.54) is 17.3 Å². The molecule has 0 aliphatic carbocycles. The van der Waals surface area contributed by atoms with Crippen molar-refractivity contribution in [2.24, 2.45) is 0 Å². The number of ether oxygens (including phenoxy) is 1. The van der Waals surface area contributed by atoms with Gasteiger partial charge in [-0.25, -0.2) is 0 Å². The van der Waals surface area contributed by atoms with Gasteiger partial charge in [-0.3, -0.25) is 4.90 Å². The zero-order valence-corrected chi connectivity index (χ0v) is 14.5. The molecule has 2 aromatic rings. The molecule has 0 atom stereocenters. The van der Waals surface area contributed by atoms with Crippen LogP contribution in [0.3, 0.4) is 0 Å². The number of anilines is 1. The van der Waals surface area contributed by atoms with E-state index >= 15 is 0 Å². The van der Waals surface area contributed by atoms with Gasteiger partial charge in [-0.1, -0.05) is 43.7 Å². The quantitative estimate of drug-likeness (QED) is 0.729. The SMILES string of the molecule is CCCCOc1nsnc1N1CCN(Cc2ccccc2)CC1. The molecule has 1 aromatic carbocycles. The van der Waals surface area contributed by atoms with Gasteiger partial charge in [0.2, 0.25) is 5.82 Å². The van der Waals surface area contributed by atoms with E-state index in [0.29, 0.717) is 5.88 Å². The molecule has 6 heteroatoms. The lowest BCUT2D eigenvalue weighted by molar-refractivity contribution is 0.247. The first kappa shape index (κ1) is 16.2. The van der Waals surface area contributed by atoms with Crippen LogP contribution in [0.1, 0.15) is 25.3 Å². The summed E-state index contributed by atoms with van der Waals surface area (Å²) >= 11 is 1.24.